The zero-order chi connectivity index (χ0) is 9.84. The lowest BCUT2D eigenvalue weighted by atomic mass is 10.2. The lowest BCUT2D eigenvalue weighted by molar-refractivity contribution is -0.116. The standard InChI is InChI=1S/C9H9ClNOS/c1-6-2-3-7(4-8(6)10)13-5-9(11)12/h2-4,11H,5H2,1H3. The van der Waals surface area contributed by atoms with Gasteiger partial charge in [-0.2, -0.15) is 0 Å². The monoisotopic (exact) mass is 214 g/mol. The normalized spacial score (nSPS) is 10.0. The minimum atomic E-state index is -0.568. The summed E-state index contributed by atoms with van der Waals surface area (Å²) in [6.07, 6.45) is 0. The largest absolute Gasteiger partial charge is 0.272 e. The molecule has 0 saturated heterocycles. The molecule has 0 atom stereocenters. The van der Waals surface area contributed by atoms with Crippen molar-refractivity contribution in [3.8, 4) is 0 Å². The number of nitrogens with one attached hydrogen (secondary N) is 1. The average molecular weight is 215 g/mol. The van der Waals surface area contributed by atoms with Crippen LogP contribution in [0.25, 0.3) is 0 Å². The molecule has 0 aromatic heterocycles. The molecule has 0 aliphatic heterocycles. The summed E-state index contributed by atoms with van der Waals surface area (Å²) < 4.78 is 0. The van der Waals surface area contributed by atoms with E-state index in [1.165, 1.54) is 11.8 Å². The van der Waals surface area contributed by atoms with Gasteiger partial charge in [0.1, 0.15) is 0 Å². The van der Waals surface area contributed by atoms with Gasteiger partial charge in [-0.1, -0.05) is 17.7 Å². The Kier molecular flexibility index (Phi) is 3.63. The average Bonchev–Trinajstić information content (AvgIpc) is 2.07. The van der Waals surface area contributed by atoms with Crippen LogP contribution in [0.3, 0.4) is 0 Å². The summed E-state index contributed by atoms with van der Waals surface area (Å²) in [6, 6.07) is 5.61. The molecule has 1 aromatic carbocycles. The highest BCUT2D eigenvalue weighted by atomic mass is 35.5. The molecule has 1 amide bonds. The van der Waals surface area contributed by atoms with E-state index in [0.29, 0.717) is 5.02 Å². The quantitative estimate of drug-likeness (QED) is 0.726. The molecule has 0 bridgehead atoms. The van der Waals surface area contributed by atoms with Crippen LogP contribution in [0.15, 0.2) is 23.1 Å². The third-order valence-corrected chi connectivity index (χ3v) is 2.91. The van der Waals surface area contributed by atoms with Crippen LogP contribution in [0.2, 0.25) is 5.02 Å². The van der Waals surface area contributed by atoms with Crippen LogP contribution in [-0.2, 0) is 4.79 Å². The fourth-order valence-corrected chi connectivity index (χ4v) is 1.72. The zero-order valence-electron chi connectivity index (χ0n) is 7.13. The van der Waals surface area contributed by atoms with Crippen molar-refractivity contribution in [3.05, 3.63) is 28.8 Å². The molecule has 0 aliphatic rings. The molecule has 69 valence electrons. The Hall–Kier alpha value is -0.670. The van der Waals surface area contributed by atoms with E-state index < -0.39 is 5.91 Å². The van der Waals surface area contributed by atoms with E-state index in [0.717, 1.165) is 10.5 Å². The predicted molar refractivity (Wildman–Crippen MR) is 55.0 cm³/mol. The van der Waals surface area contributed by atoms with Crippen LogP contribution in [0.4, 0.5) is 0 Å². The third-order valence-electron chi connectivity index (χ3n) is 1.51. The van der Waals surface area contributed by atoms with E-state index in [9.17, 15) is 4.79 Å². The highest BCUT2D eigenvalue weighted by Gasteiger charge is 2.00. The number of rotatable bonds is 3. The molecule has 0 spiro atoms. The van der Waals surface area contributed by atoms with E-state index in [1.807, 2.05) is 25.1 Å². The van der Waals surface area contributed by atoms with Gasteiger partial charge in [-0.05, 0) is 24.6 Å². The first kappa shape index (κ1) is 10.4. The number of aryl methyl sites for hydroxylation is 1. The molecule has 1 rings (SSSR count). The van der Waals surface area contributed by atoms with Gasteiger partial charge < -0.3 is 0 Å². The molecule has 0 saturated carbocycles. The molecular weight excluding hydrogens is 206 g/mol. The number of halogens is 1. The second-order valence-corrected chi connectivity index (χ2v) is 4.08. The summed E-state index contributed by atoms with van der Waals surface area (Å²) >= 11 is 7.21. The SMILES string of the molecule is Cc1ccc(SCC([NH])=O)cc1Cl. The Morgan fingerprint density at radius 2 is 2.31 bits per heavy atom. The third kappa shape index (κ3) is 3.28. The first-order valence-electron chi connectivity index (χ1n) is 3.73. The van der Waals surface area contributed by atoms with Gasteiger partial charge in [-0.3, -0.25) is 10.5 Å². The van der Waals surface area contributed by atoms with E-state index in [4.69, 9.17) is 17.3 Å². The lowest BCUT2D eigenvalue weighted by Gasteiger charge is -2.01. The summed E-state index contributed by atoms with van der Waals surface area (Å²) in [5, 5.41) is 0.697. The van der Waals surface area contributed by atoms with Crippen molar-refractivity contribution in [1.29, 1.82) is 0 Å². The number of carbonyl (C=O) groups excluding carboxylic acids is 1. The van der Waals surface area contributed by atoms with Gasteiger partial charge in [0.05, 0.1) is 5.75 Å². The Labute approximate surface area is 86.5 Å². The minimum Gasteiger partial charge on any atom is -0.272 e. The minimum absolute atomic E-state index is 0.180. The molecular formula is C9H9ClNOS. The molecule has 1 radical (unpaired) electrons. The van der Waals surface area contributed by atoms with Crippen molar-refractivity contribution in [2.24, 2.45) is 0 Å². The van der Waals surface area contributed by atoms with Gasteiger partial charge in [-0.15, -0.1) is 11.8 Å². The fraction of sp³-hybridized carbons (Fsp3) is 0.222. The van der Waals surface area contributed by atoms with E-state index >= 15 is 0 Å². The molecule has 0 unspecified atom stereocenters. The zero-order valence-corrected chi connectivity index (χ0v) is 8.71. The first-order chi connectivity index (χ1) is 6.09. The van der Waals surface area contributed by atoms with Crippen molar-refractivity contribution in [3.63, 3.8) is 0 Å². The van der Waals surface area contributed by atoms with Crippen molar-refractivity contribution in [1.82, 2.24) is 5.73 Å². The van der Waals surface area contributed by atoms with Crippen LogP contribution in [-0.4, -0.2) is 11.7 Å². The Bertz CT molecular complexity index is 327. The Morgan fingerprint density at radius 3 is 2.85 bits per heavy atom. The van der Waals surface area contributed by atoms with Crippen LogP contribution >= 0.6 is 23.4 Å². The van der Waals surface area contributed by atoms with E-state index in [1.54, 1.807) is 0 Å². The Balaban J connectivity index is 2.68. The molecule has 4 heteroatoms. The van der Waals surface area contributed by atoms with Gasteiger partial charge in [0.15, 0.2) is 0 Å². The van der Waals surface area contributed by atoms with Crippen LogP contribution in [0, 0.1) is 6.92 Å². The number of thioether (sulfide) groups is 1. The van der Waals surface area contributed by atoms with Gasteiger partial charge in [-0.25, -0.2) is 0 Å². The molecule has 1 N–H and O–H groups in total. The first-order valence-corrected chi connectivity index (χ1v) is 5.09. The highest BCUT2D eigenvalue weighted by molar-refractivity contribution is 8.00. The smallest absolute Gasteiger partial charge is 0.248 e. The maximum atomic E-state index is 10.4. The molecule has 0 fully saturated rings. The second kappa shape index (κ2) is 4.53. The Morgan fingerprint density at radius 1 is 1.62 bits per heavy atom. The summed E-state index contributed by atoms with van der Waals surface area (Å²) in [7, 11) is 0. The second-order valence-electron chi connectivity index (χ2n) is 2.62. The predicted octanol–water partition coefficient (Wildman–Crippen LogP) is 2.55. The molecule has 0 heterocycles. The van der Waals surface area contributed by atoms with Crippen LogP contribution < -0.4 is 5.73 Å². The number of hydrogen-bond acceptors (Lipinski definition) is 2. The number of carbonyl (C=O) groups is 1. The van der Waals surface area contributed by atoms with E-state index in [-0.39, 0.29) is 5.75 Å². The molecule has 1 aromatic rings. The number of benzene rings is 1. The van der Waals surface area contributed by atoms with Gasteiger partial charge in [0.2, 0.25) is 5.91 Å². The van der Waals surface area contributed by atoms with Crippen molar-refractivity contribution < 1.29 is 4.79 Å². The number of amides is 1. The van der Waals surface area contributed by atoms with Gasteiger partial charge in [0, 0.05) is 9.92 Å². The van der Waals surface area contributed by atoms with Crippen LogP contribution in [0.5, 0.6) is 0 Å². The molecule has 13 heavy (non-hydrogen) atoms. The highest BCUT2D eigenvalue weighted by Crippen LogP contribution is 2.24. The van der Waals surface area contributed by atoms with Crippen molar-refractivity contribution in [2.75, 3.05) is 5.75 Å². The molecule has 2 nitrogen and oxygen atoms in total. The van der Waals surface area contributed by atoms with Gasteiger partial charge >= 0.3 is 0 Å². The van der Waals surface area contributed by atoms with Gasteiger partial charge in [0.25, 0.3) is 0 Å². The maximum absolute atomic E-state index is 10.4. The van der Waals surface area contributed by atoms with E-state index in [2.05, 4.69) is 0 Å². The molecule has 0 aliphatic carbocycles. The van der Waals surface area contributed by atoms with Crippen molar-refractivity contribution >= 4 is 29.3 Å². The summed E-state index contributed by atoms with van der Waals surface area (Å²) in [4.78, 5) is 11.3. The maximum Gasteiger partial charge on any atom is 0.248 e. The topological polar surface area (TPSA) is 40.9 Å². The van der Waals surface area contributed by atoms with Crippen molar-refractivity contribution in [2.45, 2.75) is 11.8 Å². The summed E-state index contributed by atoms with van der Waals surface area (Å²) in [5.41, 5.74) is 7.75. The summed E-state index contributed by atoms with van der Waals surface area (Å²) in [5.74, 6) is -0.388. The van der Waals surface area contributed by atoms with Crippen LogP contribution in [0.1, 0.15) is 5.56 Å². The summed E-state index contributed by atoms with van der Waals surface area (Å²) in [6.45, 7) is 1.92. The lowest BCUT2D eigenvalue weighted by Crippen LogP contribution is -2.00. The number of hydrogen-bond donors (Lipinski definition) is 0. The fourth-order valence-electron chi connectivity index (χ4n) is 0.812.